The number of hydrogen-bond acceptors (Lipinski definition) is 3. The molecule has 2 aromatic rings. The van der Waals surface area contributed by atoms with Gasteiger partial charge in [0.1, 0.15) is 5.75 Å². The summed E-state index contributed by atoms with van der Waals surface area (Å²) in [5.74, 6) is 0.772. The number of carbonyl (C=O) groups excluding carboxylic acids is 2. The van der Waals surface area contributed by atoms with E-state index >= 15 is 0 Å². The van der Waals surface area contributed by atoms with E-state index in [-0.39, 0.29) is 18.5 Å². The summed E-state index contributed by atoms with van der Waals surface area (Å²) in [6, 6.07) is 12.7. The Morgan fingerprint density at radius 3 is 2.41 bits per heavy atom. The standard InChI is InChI=1S/C21H27N3O3/c1-5-22-21(26)24-17-8-6-7-16(12-17)23-20(25)13-27-19-11-15(4)9-10-18(19)14(2)3/h6-12,14H,5,13H2,1-4H3,(H,23,25)(H2,22,24,26). The van der Waals surface area contributed by atoms with Gasteiger partial charge < -0.3 is 20.7 Å². The Hall–Kier alpha value is -3.02. The molecule has 0 bridgehead atoms. The average Bonchev–Trinajstić information content (AvgIpc) is 2.60. The molecule has 27 heavy (non-hydrogen) atoms. The second-order valence-corrected chi connectivity index (χ2v) is 6.60. The van der Waals surface area contributed by atoms with E-state index in [1.54, 1.807) is 24.3 Å². The van der Waals surface area contributed by atoms with Crippen LogP contribution in [0.2, 0.25) is 0 Å². The number of ether oxygens (including phenoxy) is 1. The molecule has 0 aliphatic carbocycles. The minimum absolute atomic E-state index is 0.0862. The predicted molar refractivity (Wildman–Crippen MR) is 109 cm³/mol. The highest BCUT2D eigenvalue weighted by Gasteiger charge is 2.11. The lowest BCUT2D eigenvalue weighted by atomic mass is 10.0. The van der Waals surface area contributed by atoms with Gasteiger partial charge in [0.2, 0.25) is 0 Å². The van der Waals surface area contributed by atoms with Crippen LogP contribution in [0.4, 0.5) is 16.2 Å². The van der Waals surface area contributed by atoms with E-state index in [0.717, 1.165) is 16.9 Å². The van der Waals surface area contributed by atoms with Gasteiger partial charge in [-0.2, -0.15) is 0 Å². The zero-order valence-corrected chi connectivity index (χ0v) is 16.3. The summed E-state index contributed by atoms with van der Waals surface area (Å²) in [5.41, 5.74) is 3.34. The summed E-state index contributed by atoms with van der Waals surface area (Å²) >= 11 is 0. The molecule has 0 atom stereocenters. The van der Waals surface area contributed by atoms with E-state index in [0.29, 0.717) is 23.8 Å². The summed E-state index contributed by atoms with van der Waals surface area (Å²) < 4.78 is 5.75. The minimum atomic E-state index is -0.287. The largest absolute Gasteiger partial charge is 0.483 e. The molecule has 0 unspecified atom stereocenters. The van der Waals surface area contributed by atoms with Gasteiger partial charge >= 0.3 is 6.03 Å². The summed E-state index contributed by atoms with van der Waals surface area (Å²) in [6.07, 6.45) is 0. The smallest absolute Gasteiger partial charge is 0.319 e. The normalized spacial score (nSPS) is 10.4. The van der Waals surface area contributed by atoms with E-state index in [1.165, 1.54) is 0 Å². The van der Waals surface area contributed by atoms with Crippen molar-refractivity contribution in [1.29, 1.82) is 0 Å². The molecule has 0 fully saturated rings. The van der Waals surface area contributed by atoms with Gasteiger partial charge in [-0.05, 0) is 55.2 Å². The third-order valence-corrected chi connectivity index (χ3v) is 3.89. The van der Waals surface area contributed by atoms with Gasteiger partial charge in [-0.1, -0.05) is 32.0 Å². The van der Waals surface area contributed by atoms with Crippen molar-refractivity contribution in [2.24, 2.45) is 0 Å². The first-order valence-electron chi connectivity index (χ1n) is 9.07. The van der Waals surface area contributed by atoms with E-state index in [1.807, 2.05) is 32.0 Å². The van der Waals surface area contributed by atoms with Crippen molar-refractivity contribution < 1.29 is 14.3 Å². The van der Waals surface area contributed by atoms with Crippen molar-refractivity contribution in [2.75, 3.05) is 23.8 Å². The molecule has 0 heterocycles. The van der Waals surface area contributed by atoms with Gasteiger partial charge in [-0.25, -0.2) is 4.79 Å². The lowest BCUT2D eigenvalue weighted by Gasteiger charge is -2.15. The maximum Gasteiger partial charge on any atom is 0.319 e. The van der Waals surface area contributed by atoms with Gasteiger partial charge in [-0.3, -0.25) is 4.79 Å². The van der Waals surface area contributed by atoms with Gasteiger partial charge in [0, 0.05) is 17.9 Å². The minimum Gasteiger partial charge on any atom is -0.483 e. The lowest BCUT2D eigenvalue weighted by molar-refractivity contribution is -0.118. The number of benzene rings is 2. The number of anilines is 2. The highest BCUT2D eigenvalue weighted by atomic mass is 16.5. The van der Waals surface area contributed by atoms with Crippen molar-refractivity contribution in [1.82, 2.24) is 5.32 Å². The zero-order valence-electron chi connectivity index (χ0n) is 16.3. The van der Waals surface area contributed by atoms with Gasteiger partial charge in [0.15, 0.2) is 6.61 Å². The molecule has 0 saturated heterocycles. The first-order valence-corrected chi connectivity index (χ1v) is 9.07. The van der Waals surface area contributed by atoms with Crippen molar-refractivity contribution in [2.45, 2.75) is 33.6 Å². The number of urea groups is 1. The lowest BCUT2D eigenvalue weighted by Crippen LogP contribution is -2.28. The fraction of sp³-hybridized carbons (Fsp3) is 0.333. The summed E-state index contributed by atoms with van der Waals surface area (Å²) in [4.78, 5) is 23.8. The van der Waals surface area contributed by atoms with Crippen LogP contribution < -0.4 is 20.7 Å². The van der Waals surface area contributed by atoms with Crippen LogP contribution in [0.1, 0.15) is 37.8 Å². The monoisotopic (exact) mass is 369 g/mol. The molecule has 2 aromatic carbocycles. The van der Waals surface area contributed by atoms with Gasteiger partial charge in [0.05, 0.1) is 0 Å². The third-order valence-electron chi connectivity index (χ3n) is 3.89. The van der Waals surface area contributed by atoms with Gasteiger partial charge in [0.25, 0.3) is 5.91 Å². The molecule has 0 aromatic heterocycles. The summed E-state index contributed by atoms with van der Waals surface area (Å²) in [5, 5.41) is 8.15. The summed E-state index contributed by atoms with van der Waals surface area (Å²) in [6.45, 7) is 8.46. The summed E-state index contributed by atoms with van der Waals surface area (Å²) in [7, 11) is 0. The van der Waals surface area contributed by atoms with E-state index < -0.39 is 0 Å². The number of carbonyl (C=O) groups is 2. The van der Waals surface area contributed by atoms with Crippen LogP contribution in [0.5, 0.6) is 5.75 Å². The molecule has 3 amide bonds. The SMILES string of the molecule is CCNC(=O)Nc1cccc(NC(=O)COc2cc(C)ccc2C(C)C)c1. The Bertz CT molecular complexity index is 803. The van der Waals surface area contributed by atoms with E-state index in [4.69, 9.17) is 4.74 Å². The van der Waals surface area contributed by atoms with Crippen LogP contribution >= 0.6 is 0 Å². The predicted octanol–water partition coefficient (Wildman–Crippen LogP) is 4.28. The molecule has 0 radical (unpaired) electrons. The van der Waals surface area contributed by atoms with Crippen LogP contribution in [0.15, 0.2) is 42.5 Å². The van der Waals surface area contributed by atoms with Crippen molar-refractivity contribution >= 4 is 23.3 Å². The number of rotatable bonds is 7. The fourth-order valence-corrected chi connectivity index (χ4v) is 2.59. The van der Waals surface area contributed by atoms with Crippen LogP contribution in [-0.2, 0) is 4.79 Å². The molecule has 0 aliphatic rings. The molecule has 6 nitrogen and oxygen atoms in total. The average molecular weight is 369 g/mol. The Morgan fingerprint density at radius 2 is 1.74 bits per heavy atom. The van der Waals surface area contributed by atoms with Crippen molar-refractivity contribution in [3.63, 3.8) is 0 Å². The Morgan fingerprint density at radius 1 is 1.04 bits per heavy atom. The molecule has 0 saturated carbocycles. The second kappa shape index (κ2) is 9.62. The van der Waals surface area contributed by atoms with E-state index in [9.17, 15) is 9.59 Å². The Kier molecular flexibility index (Phi) is 7.23. The number of nitrogens with one attached hydrogen (secondary N) is 3. The van der Waals surface area contributed by atoms with Crippen molar-refractivity contribution in [3.8, 4) is 5.75 Å². The zero-order chi connectivity index (χ0) is 19.8. The highest BCUT2D eigenvalue weighted by molar-refractivity contribution is 5.94. The van der Waals surface area contributed by atoms with Crippen LogP contribution in [0.25, 0.3) is 0 Å². The second-order valence-electron chi connectivity index (χ2n) is 6.60. The quantitative estimate of drug-likeness (QED) is 0.682. The number of hydrogen-bond donors (Lipinski definition) is 3. The van der Waals surface area contributed by atoms with Crippen LogP contribution in [0.3, 0.4) is 0 Å². The van der Waals surface area contributed by atoms with E-state index in [2.05, 4.69) is 29.8 Å². The maximum absolute atomic E-state index is 12.3. The molecule has 144 valence electrons. The molecular formula is C21H27N3O3. The Labute approximate surface area is 160 Å². The van der Waals surface area contributed by atoms with Crippen LogP contribution in [-0.4, -0.2) is 25.1 Å². The molecule has 2 rings (SSSR count). The molecule has 0 spiro atoms. The molecule has 6 heteroatoms. The first-order chi connectivity index (χ1) is 12.9. The number of amides is 3. The molecular weight excluding hydrogens is 342 g/mol. The topological polar surface area (TPSA) is 79.5 Å². The molecule has 3 N–H and O–H groups in total. The number of aryl methyl sites for hydroxylation is 1. The van der Waals surface area contributed by atoms with Gasteiger partial charge in [-0.15, -0.1) is 0 Å². The molecule has 0 aliphatic heterocycles. The third kappa shape index (κ3) is 6.33. The van der Waals surface area contributed by atoms with Crippen LogP contribution in [0, 0.1) is 6.92 Å². The Balaban J connectivity index is 1.97. The maximum atomic E-state index is 12.3. The first kappa shape index (κ1) is 20.3. The van der Waals surface area contributed by atoms with Crippen molar-refractivity contribution in [3.05, 3.63) is 53.6 Å². The highest BCUT2D eigenvalue weighted by Crippen LogP contribution is 2.27. The fourth-order valence-electron chi connectivity index (χ4n) is 2.59.